The summed E-state index contributed by atoms with van der Waals surface area (Å²) in [5, 5.41) is 3.49. The predicted octanol–water partition coefficient (Wildman–Crippen LogP) is 4.39. The topological polar surface area (TPSA) is 24.9 Å². The molecule has 0 unspecified atom stereocenters. The van der Waals surface area contributed by atoms with Crippen molar-refractivity contribution in [2.24, 2.45) is 0 Å². The third-order valence-electron chi connectivity index (χ3n) is 2.26. The Bertz CT molecular complexity index is 526. The Morgan fingerprint density at radius 1 is 1.17 bits per heavy atom. The minimum absolute atomic E-state index is 0.346. The van der Waals surface area contributed by atoms with Crippen molar-refractivity contribution < 1.29 is 8.78 Å². The number of halogens is 4. The Kier molecular flexibility index (Phi) is 4.14. The average Bonchev–Trinajstić information content (AvgIpc) is 2.35. The number of hydrogen-bond acceptors (Lipinski definition) is 2. The van der Waals surface area contributed by atoms with E-state index in [1.54, 1.807) is 12.1 Å². The van der Waals surface area contributed by atoms with Gasteiger partial charge in [-0.15, -0.1) is 0 Å². The summed E-state index contributed by atoms with van der Waals surface area (Å²) in [6.07, 6.45) is 0. The van der Waals surface area contributed by atoms with Gasteiger partial charge in [-0.2, -0.15) is 0 Å². The highest BCUT2D eigenvalue weighted by Gasteiger charge is 2.04. The molecule has 0 atom stereocenters. The first-order valence-corrected chi connectivity index (χ1v) is 6.23. The Labute approximate surface area is 116 Å². The maximum Gasteiger partial charge on any atom is 0.159 e. The van der Waals surface area contributed by atoms with E-state index in [1.165, 1.54) is 6.07 Å². The van der Waals surface area contributed by atoms with Gasteiger partial charge in [0.05, 0.1) is 5.02 Å². The molecule has 2 rings (SSSR count). The molecular weight excluding hydrogens is 325 g/mol. The fraction of sp³-hybridized carbons (Fsp3) is 0.0833. The molecule has 0 aliphatic rings. The monoisotopic (exact) mass is 332 g/mol. The van der Waals surface area contributed by atoms with Crippen molar-refractivity contribution in [1.29, 1.82) is 0 Å². The predicted molar refractivity (Wildman–Crippen MR) is 70.6 cm³/mol. The zero-order valence-corrected chi connectivity index (χ0v) is 11.4. The number of aromatic nitrogens is 1. The van der Waals surface area contributed by atoms with Crippen LogP contribution in [0.1, 0.15) is 5.56 Å². The van der Waals surface area contributed by atoms with Crippen molar-refractivity contribution in [2.75, 3.05) is 5.32 Å². The van der Waals surface area contributed by atoms with Gasteiger partial charge in [0, 0.05) is 6.54 Å². The van der Waals surface area contributed by atoms with Crippen molar-refractivity contribution in [3.05, 3.63) is 57.2 Å². The molecule has 0 bridgehead atoms. The van der Waals surface area contributed by atoms with Crippen LogP contribution in [0.5, 0.6) is 0 Å². The smallest absolute Gasteiger partial charge is 0.159 e. The average molecular weight is 334 g/mol. The van der Waals surface area contributed by atoms with E-state index in [1.807, 2.05) is 0 Å². The van der Waals surface area contributed by atoms with Crippen LogP contribution in [0.15, 0.2) is 34.9 Å². The molecule has 0 spiro atoms. The Balaban J connectivity index is 2.06. The van der Waals surface area contributed by atoms with Crippen LogP contribution in [0.4, 0.5) is 14.6 Å². The molecule has 1 aromatic carbocycles. The fourth-order valence-corrected chi connectivity index (χ4v) is 1.79. The standard InChI is InChI=1S/C12H8BrClF2N2/c13-12-8(14)2-4-11(18-12)17-6-7-1-3-9(15)10(16)5-7/h1-5H,6H2,(H,17,18). The normalized spacial score (nSPS) is 10.4. The summed E-state index contributed by atoms with van der Waals surface area (Å²) in [5.41, 5.74) is 0.627. The number of rotatable bonds is 3. The van der Waals surface area contributed by atoms with E-state index in [-0.39, 0.29) is 0 Å². The Morgan fingerprint density at radius 3 is 2.61 bits per heavy atom. The van der Waals surface area contributed by atoms with Crippen LogP contribution in [0.3, 0.4) is 0 Å². The van der Waals surface area contributed by atoms with Crippen LogP contribution in [-0.2, 0) is 6.54 Å². The molecular formula is C12H8BrClF2N2. The summed E-state index contributed by atoms with van der Waals surface area (Å²) < 4.78 is 26.2. The van der Waals surface area contributed by atoms with Gasteiger partial charge < -0.3 is 5.32 Å². The van der Waals surface area contributed by atoms with Crippen molar-refractivity contribution in [2.45, 2.75) is 6.54 Å². The van der Waals surface area contributed by atoms with Crippen molar-refractivity contribution >= 4 is 33.3 Å². The first-order valence-electron chi connectivity index (χ1n) is 5.06. The van der Waals surface area contributed by atoms with Gasteiger partial charge in [-0.1, -0.05) is 17.7 Å². The van der Waals surface area contributed by atoms with E-state index in [0.717, 1.165) is 12.1 Å². The molecule has 2 nitrogen and oxygen atoms in total. The molecule has 18 heavy (non-hydrogen) atoms. The lowest BCUT2D eigenvalue weighted by molar-refractivity contribution is 0.507. The molecule has 0 saturated heterocycles. The lowest BCUT2D eigenvalue weighted by atomic mass is 10.2. The molecule has 0 aliphatic carbocycles. The van der Waals surface area contributed by atoms with Crippen molar-refractivity contribution in [1.82, 2.24) is 4.98 Å². The maximum atomic E-state index is 13.0. The van der Waals surface area contributed by atoms with E-state index >= 15 is 0 Å². The molecule has 1 N–H and O–H groups in total. The molecule has 0 radical (unpaired) electrons. The molecule has 1 aromatic heterocycles. The van der Waals surface area contributed by atoms with Gasteiger partial charge in [-0.05, 0) is 45.8 Å². The largest absolute Gasteiger partial charge is 0.366 e. The van der Waals surface area contributed by atoms with E-state index < -0.39 is 11.6 Å². The van der Waals surface area contributed by atoms with Gasteiger partial charge in [0.1, 0.15) is 10.4 Å². The lowest BCUT2D eigenvalue weighted by Gasteiger charge is -2.07. The summed E-state index contributed by atoms with van der Waals surface area (Å²) >= 11 is 9.01. The molecule has 6 heteroatoms. The van der Waals surface area contributed by atoms with E-state index in [9.17, 15) is 8.78 Å². The number of nitrogens with zero attached hydrogens (tertiary/aromatic N) is 1. The Morgan fingerprint density at radius 2 is 1.94 bits per heavy atom. The third kappa shape index (κ3) is 3.17. The van der Waals surface area contributed by atoms with Crippen LogP contribution < -0.4 is 5.32 Å². The second-order valence-electron chi connectivity index (χ2n) is 3.57. The highest BCUT2D eigenvalue weighted by atomic mass is 79.9. The number of nitrogens with one attached hydrogen (secondary N) is 1. The minimum Gasteiger partial charge on any atom is -0.366 e. The fourth-order valence-electron chi connectivity index (χ4n) is 1.36. The summed E-state index contributed by atoms with van der Waals surface area (Å²) in [6.45, 7) is 0.346. The first kappa shape index (κ1) is 13.2. The number of anilines is 1. The van der Waals surface area contributed by atoms with Crippen LogP contribution in [0.25, 0.3) is 0 Å². The Hall–Kier alpha value is -1.20. The van der Waals surface area contributed by atoms with E-state index in [4.69, 9.17) is 11.6 Å². The van der Waals surface area contributed by atoms with E-state index in [2.05, 4.69) is 26.2 Å². The molecule has 0 aliphatic heterocycles. The van der Waals surface area contributed by atoms with Gasteiger partial charge >= 0.3 is 0 Å². The quantitative estimate of drug-likeness (QED) is 0.843. The van der Waals surface area contributed by atoms with Crippen molar-refractivity contribution in [3.8, 4) is 0 Å². The molecule has 94 valence electrons. The second kappa shape index (κ2) is 5.63. The number of hydrogen-bond donors (Lipinski definition) is 1. The van der Waals surface area contributed by atoms with Crippen LogP contribution in [-0.4, -0.2) is 4.98 Å². The van der Waals surface area contributed by atoms with Crippen LogP contribution in [0, 0.1) is 11.6 Å². The SMILES string of the molecule is Fc1ccc(CNc2ccc(Cl)c(Br)n2)cc1F. The molecule has 0 saturated carbocycles. The zero-order chi connectivity index (χ0) is 13.1. The molecule has 2 aromatic rings. The minimum atomic E-state index is -0.862. The second-order valence-corrected chi connectivity index (χ2v) is 4.73. The van der Waals surface area contributed by atoms with Crippen LogP contribution in [0.2, 0.25) is 5.02 Å². The summed E-state index contributed by atoms with van der Waals surface area (Å²) in [7, 11) is 0. The lowest BCUT2D eigenvalue weighted by Crippen LogP contribution is -2.02. The van der Waals surface area contributed by atoms with E-state index in [0.29, 0.717) is 27.6 Å². The third-order valence-corrected chi connectivity index (χ3v) is 3.40. The summed E-state index contributed by atoms with van der Waals surface area (Å²) in [5.74, 6) is -1.12. The highest BCUT2D eigenvalue weighted by Crippen LogP contribution is 2.22. The number of benzene rings is 1. The van der Waals surface area contributed by atoms with Gasteiger partial charge in [0.2, 0.25) is 0 Å². The molecule has 1 heterocycles. The van der Waals surface area contributed by atoms with Gasteiger partial charge in [-0.25, -0.2) is 13.8 Å². The van der Waals surface area contributed by atoms with Gasteiger partial charge in [0.15, 0.2) is 11.6 Å². The van der Waals surface area contributed by atoms with Gasteiger partial charge in [0.25, 0.3) is 0 Å². The maximum absolute atomic E-state index is 13.0. The summed E-state index contributed by atoms with van der Waals surface area (Å²) in [4.78, 5) is 4.13. The van der Waals surface area contributed by atoms with Crippen LogP contribution >= 0.6 is 27.5 Å². The highest BCUT2D eigenvalue weighted by molar-refractivity contribution is 9.10. The zero-order valence-electron chi connectivity index (χ0n) is 9.05. The summed E-state index contributed by atoms with van der Waals surface area (Å²) in [6, 6.07) is 7.14. The first-order chi connectivity index (χ1) is 8.56. The van der Waals surface area contributed by atoms with Gasteiger partial charge in [-0.3, -0.25) is 0 Å². The molecule has 0 amide bonds. The molecule has 0 fully saturated rings. The number of pyridine rings is 1. The van der Waals surface area contributed by atoms with Crippen molar-refractivity contribution in [3.63, 3.8) is 0 Å².